The maximum Gasteiger partial charge on any atom is 0.272 e. The largest absolute Gasteiger partial charge is 0.497 e. The van der Waals surface area contributed by atoms with Crippen LogP contribution in [-0.2, 0) is 16.6 Å². The highest BCUT2D eigenvalue weighted by molar-refractivity contribution is 7.92. The number of aromatic amines is 1. The fourth-order valence-electron chi connectivity index (χ4n) is 3.19. The normalized spacial score (nSPS) is 11.3. The van der Waals surface area contributed by atoms with E-state index in [0.29, 0.717) is 34.3 Å². The number of sulfonamides is 1. The summed E-state index contributed by atoms with van der Waals surface area (Å²) in [5, 5.41) is 9.41. The molecule has 10 nitrogen and oxygen atoms in total. The molecule has 34 heavy (non-hydrogen) atoms. The van der Waals surface area contributed by atoms with Gasteiger partial charge < -0.3 is 14.5 Å². The molecular formula is C23H23N5O5S. The number of anilines is 1. The van der Waals surface area contributed by atoms with Gasteiger partial charge in [0.25, 0.3) is 15.9 Å². The zero-order valence-electron chi connectivity index (χ0n) is 18.7. The molecule has 11 heteroatoms. The van der Waals surface area contributed by atoms with Gasteiger partial charge in [-0.25, -0.2) is 13.4 Å². The predicted molar refractivity (Wildman–Crippen MR) is 125 cm³/mol. The molecule has 2 aromatic carbocycles. The minimum atomic E-state index is -3.80. The van der Waals surface area contributed by atoms with Crippen LogP contribution in [0.15, 0.2) is 63.9 Å². The average molecular weight is 482 g/mol. The van der Waals surface area contributed by atoms with Crippen LogP contribution < -0.4 is 14.8 Å². The molecule has 2 aromatic heterocycles. The number of rotatable bonds is 8. The average Bonchev–Trinajstić information content (AvgIpc) is 3.43. The number of aryl methyl sites for hydroxylation is 2. The zero-order valence-corrected chi connectivity index (χ0v) is 19.6. The van der Waals surface area contributed by atoms with Gasteiger partial charge in [-0.1, -0.05) is 6.07 Å². The Morgan fingerprint density at radius 2 is 1.88 bits per heavy atom. The van der Waals surface area contributed by atoms with Crippen LogP contribution in [0.3, 0.4) is 0 Å². The number of H-pyrrole nitrogens is 1. The van der Waals surface area contributed by atoms with E-state index >= 15 is 0 Å². The molecule has 4 aromatic rings. The third-order valence-corrected chi connectivity index (χ3v) is 6.38. The fraction of sp³-hybridized carbons (Fsp3) is 0.174. The summed E-state index contributed by atoms with van der Waals surface area (Å²) in [5.41, 5.74) is 2.56. The van der Waals surface area contributed by atoms with Crippen molar-refractivity contribution >= 4 is 21.6 Å². The van der Waals surface area contributed by atoms with E-state index in [1.165, 1.54) is 19.2 Å². The molecule has 0 aliphatic heterocycles. The molecule has 0 fully saturated rings. The number of oxazole rings is 1. The highest BCUT2D eigenvalue weighted by atomic mass is 32.2. The Kier molecular flexibility index (Phi) is 6.37. The second-order valence-electron chi connectivity index (χ2n) is 7.50. The lowest BCUT2D eigenvalue weighted by Gasteiger charge is -2.09. The van der Waals surface area contributed by atoms with Gasteiger partial charge in [-0.15, -0.1) is 0 Å². The maximum absolute atomic E-state index is 12.7. The molecule has 176 valence electrons. The lowest BCUT2D eigenvalue weighted by Crippen LogP contribution is -2.23. The third-order valence-electron chi connectivity index (χ3n) is 4.98. The Balaban J connectivity index is 1.48. The number of ether oxygens (including phenoxy) is 1. The Morgan fingerprint density at radius 3 is 2.56 bits per heavy atom. The van der Waals surface area contributed by atoms with E-state index in [2.05, 4.69) is 25.2 Å². The van der Waals surface area contributed by atoms with Gasteiger partial charge in [0.1, 0.15) is 22.9 Å². The quantitative estimate of drug-likeness (QED) is 0.350. The summed E-state index contributed by atoms with van der Waals surface area (Å²) in [6.07, 6.45) is 0. The molecule has 0 saturated heterocycles. The molecule has 0 aliphatic rings. The molecule has 0 atom stereocenters. The Morgan fingerprint density at radius 1 is 1.12 bits per heavy atom. The maximum atomic E-state index is 12.7. The van der Waals surface area contributed by atoms with Crippen molar-refractivity contribution in [2.45, 2.75) is 25.3 Å². The van der Waals surface area contributed by atoms with Crippen LogP contribution >= 0.6 is 0 Å². The lowest BCUT2D eigenvalue weighted by atomic mass is 10.2. The van der Waals surface area contributed by atoms with Crippen LogP contribution in [0, 0.1) is 13.8 Å². The van der Waals surface area contributed by atoms with Crippen molar-refractivity contribution < 1.29 is 22.4 Å². The smallest absolute Gasteiger partial charge is 0.272 e. The number of amides is 1. The molecule has 0 bridgehead atoms. The summed E-state index contributed by atoms with van der Waals surface area (Å²) >= 11 is 0. The van der Waals surface area contributed by atoms with Crippen molar-refractivity contribution in [1.29, 1.82) is 0 Å². The highest BCUT2D eigenvalue weighted by Gasteiger charge is 2.17. The van der Waals surface area contributed by atoms with Crippen LogP contribution in [0.5, 0.6) is 5.75 Å². The van der Waals surface area contributed by atoms with E-state index in [1.54, 1.807) is 49.4 Å². The van der Waals surface area contributed by atoms with Crippen LogP contribution in [0.4, 0.5) is 5.69 Å². The Bertz CT molecular complexity index is 1420. The van der Waals surface area contributed by atoms with Gasteiger partial charge in [0.2, 0.25) is 5.89 Å². The van der Waals surface area contributed by atoms with Gasteiger partial charge in [-0.05, 0) is 62.4 Å². The van der Waals surface area contributed by atoms with Crippen molar-refractivity contribution in [3.63, 3.8) is 0 Å². The monoisotopic (exact) mass is 481 g/mol. The number of methoxy groups -OCH3 is 1. The number of hydrogen-bond acceptors (Lipinski definition) is 7. The molecule has 0 spiro atoms. The molecule has 2 heterocycles. The predicted octanol–water partition coefficient (Wildman–Crippen LogP) is 3.42. The van der Waals surface area contributed by atoms with Gasteiger partial charge in [0, 0.05) is 16.9 Å². The van der Waals surface area contributed by atoms with Gasteiger partial charge in [0.05, 0.1) is 18.6 Å². The molecular weight excluding hydrogens is 458 g/mol. The number of aromatic nitrogens is 3. The Hall–Kier alpha value is -4.12. The minimum absolute atomic E-state index is 0.107. The standard InChI is InChI=1S/C23H23N5O5S/c1-14-11-20(27-26-14)22(29)24-13-21-15(2)33-23(25-21)16-5-4-6-17(12-16)28-34(30,31)19-9-7-18(32-3)8-10-19/h4-12,28H,13H2,1-3H3,(H,24,29)(H,26,27). The highest BCUT2D eigenvalue weighted by Crippen LogP contribution is 2.26. The molecule has 3 N–H and O–H groups in total. The number of nitrogens with one attached hydrogen (secondary N) is 3. The lowest BCUT2D eigenvalue weighted by molar-refractivity contribution is 0.0945. The van der Waals surface area contributed by atoms with Gasteiger partial charge in [0.15, 0.2) is 0 Å². The van der Waals surface area contributed by atoms with Crippen molar-refractivity contribution in [2.75, 3.05) is 11.8 Å². The number of nitrogens with zero attached hydrogens (tertiary/aromatic N) is 2. The minimum Gasteiger partial charge on any atom is -0.497 e. The summed E-state index contributed by atoms with van der Waals surface area (Å²) in [5.74, 6) is 1.08. The third kappa shape index (κ3) is 5.09. The van der Waals surface area contributed by atoms with Gasteiger partial charge in [-0.3, -0.25) is 14.6 Å². The number of benzene rings is 2. The van der Waals surface area contributed by atoms with Crippen LogP contribution in [0.2, 0.25) is 0 Å². The first kappa shape index (κ1) is 23.1. The number of carbonyl (C=O) groups excluding carboxylic acids is 1. The van der Waals surface area contributed by atoms with Gasteiger partial charge >= 0.3 is 0 Å². The second kappa shape index (κ2) is 9.40. The number of hydrogen-bond donors (Lipinski definition) is 3. The van der Waals surface area contributed by atoms with E-state index in [0.717, 1.165) is 5.69 Å². The molecule has 0 radical (unpaired) electrons. The summed E-state index contributed by atoms with van der Waals surface area (Å²) in [6, 6.07) is 14.4. The first-order valence-corrected chi connectivity index (χ1v) is 11.8. The molecule has 0 saturated carbocycles. The van der Waals surface area contributed by atoms with E-state index in [1.807, 2.05) is 6.92 Å². The van der Waals surface area contributed by atoms with E-state index in [4.69, 9.17) is 9.15 Å². The van der Waals surface area contributed by atoms with E-state index in [9.17, 15) is 13.2 Å². The van der Waals surface area contributed by atoms with E-state index < -0.39 is 10.0 Å². The van der Waals surface area contributed by atoms with Crippen LogP contribution in [0.25, 0.3) is 11.5 Å². The van der Waals surface area contributed by atoms with Crippen molar-refractivity contribution in [3.05, 3.63) is 77.4 Å². The zero-order chi connectivity index (χ0) is 24.3. The fourth-order valence-corrected chi connectivity index (χ4v) is 4.24. The summed E-state index contributed by atoms with van der Waals surface area (Å²) in [6.45, 7) is 3.71. The molecule has 4 rings (SSSR count). The summed E-state index contributed by atoms with van der Waals surface area (Å²) in [7, 11) is -2.28. The number of carbonyl (C=O) groups is 1. The van der Waals surface area contributed by atoms with Crippen LogP contribution in [0.1, 0.15) is 27.6 Å². The molecule has 0 aliphatic carbocycles. The summed E-state index contributed by atoms with van der Waals surface area (Å²) in [4.78, 5) is 16.8. The second-order valence-corrected chi connectivity index (χ2v) is 9.19. The van der Waals surface area contributed by atoms with E-state index in [-0.39, 0.29) is 23.0 Å². The summed E-state index contributed by atoms with van der Waals surface area (Å²) < 4.78 is 38.9. The first-order chi connectivity index (χ1) is 16.2. The molecule has 0 unspecified atom stereocenters. The Labute approximate surface area is 196 Å². The SMILES string of the molecule is COc1ccc(S(=O)(=O)Nc2cccc(-c3nc(CNC(=O)c4cc(C)[nH]n4)c(C)o3)c2)cc1. The molecule has 1 amide bonds. The van der Waals surface area contributed by atoms with Crippen molar-refractivity contribution in [1.82, 2.24) is 20.5 Å². The van der Waals surface area contributed by atoms with Gasteiger partial charge in [-0.2, -0.15) is 5.10 Å². The van der Waals surface area contributed by atoms with Crippen molar-refractivity contribution in [2.24, 2.45) is 0 Å². The topological polar surface area (TPSA) is 139 Å². The van der Waals surface area contributed by atoms with Crippen molar-refractivity contribution in [3.8, 4) is 17.2 Å². The van der Waals surface area contributed by atoms with Crippen LogP contribution in [-0.4, -0.2) is 36.6 Å². The first-order valence-electron chi connectivity index (χ1n) is 10.3.